The lowest BCUT2D eigenvalue weighted by molar-refractivity contribution is -0.907. The molecule has 0 bridgehead atoms. The minimum absolute atomic E-state index is 0.0480. The van der Waals surface area contributed by atoms with Crippen LogP contribution in [0.2, 0.25) is 0 Å². The van der Waals surface area contributed by atoms with E-state index in [0.29, 0.717) is 32.5 Å². The Kier molecular flexibility index (Phi) is 4.78. The van der Waals surface area contributed by atoms with Gasteiger partial charge in [0.25, 0.3) is 5.91 Å². The van der Waals surface area contributed by atoms with Gasteiger partial charge in [0, 0.05) is 6.92 Å². The quantitative estimate of drug-likeness (QED) is 0.515. The van der Waals surface area contributed by atoms with Crippen molar-refractivity contribution in [3.63, 3.8) is 0 Å². The lowest BCUT2D eigenvalue weighted by Crippen LogP contribution is -3.16. The first-order valence-corrected chi connectivity index (χ1v) is 8.82. The number of nitrogens with zero attached hydrogens (tertiary/aromatic N) is 2. The van der Waals surface area contributed by atoms with E-state index in [4.69, 9.17) is 0 Å². The summed E-state index contributed by atoms with van der Waals surface area (Å²) in [6.45, 7) is 5.02. The van der Waals surface area contributed by atoms with Gasteiger partial charge in [-0.15, -0.1) is 0 Å². The van der Waals surface area contributed by atoms with Gasteiger partial charge < -0.3 is 20.2 Å². The minimum Gasteiger partial charge on any atom is -0.385 e. The molecule has 8 heteroatoms. The Balaban J connectivity index is 1.50. The topological polar surface area (TPSA) is 94.4 Å². The van der Waals surface area contributed by atoms with Crippen molar-refractivity contribution in [3.05, 3.63) is 0 Å². The average molecular weight is 339 g/mol. The molecule has 1 aliphatic carbocycles. The number of quaternary nitrogens is 1. The molecule has 3 fully saturated rings. The second kappa shape index (κ2) is 6.68. The van der Waals surface area contributed by atoms with Crippen LogP contribution in [0, 0.1) is 0 Å². The fourth-order valence-corrected chi connectivity index (χ4v) is 4.11. The van der Waals surface area contributed by atoms with E-state index >= 15 is 0 Å². The van der Waals surface area contributed by atoms with Crippen molar-refractivity contribution in [1.29, 1.82) is 0 Å². The Labute approximate surface area is 141 Å². The molecule has 0 aromatic rings. The van der Waals surface area contributed by atoms with Crippen molar-refractivity contribution in [2.75, 3.05) is 39.3 Å². The maximum atomic E-state index is 12.6. The number of urea groups is 1. The van der Waals surface area contributed by atoms with Crippen molar-refractivity contribution in [1.82, 2.24) is 15.1 Å². The number of aliphatic hydroxyl groups excluding tert-OH is 1. The molecule has 1 spiro atoms. The molecule has 1 atom stereocenters. The fourth-order valence-electron chi connectivity index (χ4n) is 4.11. The molecule has 0 radical (unpaired) electrons. The summed E-state index contributed by atoms with van der Waals surface area (Å²) in [5.41, 5.74) is -0.712. The molecule has 4 amide bonds. The SMILES string of the molecule is CC(=O)N1CC[NH+](C[C@H](O)CN2C(=O)NC3(CCCC3)C2=O)CC1. The van der Waals surface area contributed by atoms with Crippen LogP contribution in [0.3, 0.4) is 0 Å². The van der Waals surface area contributed by atoms with Gasteiger partial charge in [-0.2, -0.15) is 0 Å². The number of imide groups is 1. The Morgan fingerprint density at radius 3 is 2.50 bits per heavy atom. The van der Waals surface area contributed by atoms with Gasteiger partial charge in [-0.3, -0.25) is 14.5 Å². The van der Waals surface area contributed by atoms with Gasteiger partial charge in [0.05, 0.1) is 32.7 Å². The summed E-state index contributed by atoms with van der Waals surface area (Å²) < 4.78 is 0. The van der Waals surface area contributed by atoms with E-state index in [-0.39, 0.29) is 24.4 Å². The van der Waals surface area contributed by atoms with E-state index in [0.717, 1.165) is 25.9 Å². The summed E-state index contributed by atoms with van der Waals surface area (Å²) in [5.74, 6) is -0.101. The lowest BCUT2D eigenvalue weighted by atomic mass is 9.98. The summed E-state index contributed by atoms with van der Waals surface area (Å²) in [7, 11) is 0. The smallest absolute Gasteiger partial charge is 0.325 e. The Morgan fingerprint density at radius 2 is 1.92 bits per heavy atom. The second-order valence-electron chi connectivity index (χ2n) is 7.25. The van der Waals surface area contributed by atoms with Crippen molar-refractivity contribution in [3.8, 4) is 0 Å². The van der Waals surface area contributed by atoms with E-state index in [1.54, 1.807) is 11.8 Å². The molecule has 24 heavy (non-hydrogen) atoms. The fraction of sp³-hybridized carbons (Fsp3) is 0.812. The Morgan fingerprint density at radius 1 is 1.29 bits per heavy atom. The molecule has 3 N–H and O–H groups in total. The summed E-state index contributed by atoms with van der Waals surface area (Å²) in [6, 6.07) is -0.377. The minimum atomic E-state index is -0.741. The molecule has 8 nitrogen and oxygen atoms in total. The zero-order chi connectivity index (χ0) is 17.3. The van der Waals surface area contributed by atoms with Gasteiger partial charge >= 0.3 is 6.03 Å². The first kappa shape index (κ1) is 17.2. The van der Waals surface area contributed by atoms with Gasteiger partial charge in [-0.1, -0.05) is 12.8 Å². The van der Waals surface area contributed by atoms with Crippen molar-refractivity contribution in [2.24, 2.45) is 0 Å². The van der Waals surface area contributed by atoms with E-state index in [9.17, 15) is 19.5 Å². The highest BCUT2D eigenvalue weighted by Gasteiger charge is 2.52. The zero-order valence-corrected chi connectivity index (χ0v) is 14.2. The monoisotopic (exact) mass is 339 g/mol. The number of amides is 4. The maximum absolute atomic E-state index is 12.6. The number of rotatable bonds is 4. The summed E-state index contributed by atoms with van der Waals surface area (Å²) in [5, 5.41) is 13.2. The van der Waals surface area contributed by atoms with Crippen LogP contribution in [0.5, 0.6) is 0 Å². The number of nitrogens with one attached hydrogen (secondary N) is 2. The number of carbonyl (C=O) groups is 3. The molecule has 0 aromatic carbocycles. The average Bonchev–Trinajstić information content (AvgIpc) is 3.09. The summed E-state index contributed by atoms with van der Waals surface area (Å²) in [6.07, 6.45) is 2.56. The maximum Gasteiger partial charge on any atom is 0.325 e. The molecule has 1 saturated carbocycles. The molecule has 2 saturated heterocycles. The summed E-state index contributed by atoms with van der Waals surface area (Å²) in [4.78, 5) is 40.2. The molecule has 0 unspecified atom stereocenters. The van der Waals surface area contributed by atoms with E-state index in [2.05, 4.69) is 5.32 Å². The number of piperazine rings is 1. The predicted molar refractivity (Wildman–Crippen MR) is 85.3 cm³/mol. The molecule has 2 aliphatic heterocycles. The van der Waals surface area contributed by atoms with Crippen LogP contribution in [0.25, 0.3) is 0 Å². The van der Waals surface area contributed by atoms with Gasteiger partial charge in [0.1, 0.15) is 18.2 Å². The van der Waals surface area contributed by atoms with E-state index in [1.807, 2.05) is 0 Å². The highest BCUT2D eigenvalue weighted by molar-refractivity contribution is 6.07. The molecule has 134 valence electrons. The van der Waals surface area contributed by atoms with Crippen LogP contribution < -0.4 is 10.2 Å². The van der Waals surface area contributed by atoms with Crippen LogP contribution in [0.4, 0.5) is 4.79 Å². The van der Waals surface area contributed by atoms with Crippen LogP contribution in [-0.4, -0.2) is 83.7 Å². The number of carbonyl (C=O) groups excluding carboxylic acids is 3. The normalized spacial score (nSPS) is 25.4. The van der Waals surface area contributed by atoms with Gasteiger partial charge in [-0.25, -0.2) is 4.79 Å². The standard InChI is InChI=1S/C16H26N4O4/c1-12(21)19-8-6-18(7-9-19)10-13(22)11-20-14(23)16(17-15(20)24)4-2-3-5-16/h13,22H,2-11H2,1H3,(H,17,24)/p+1/t13-/m0/s1. The van der Waals surface area contributed by atoms with Crippen LogP contribution >= 0.6 is 0 Å². The molecule has 3 rings (SSSR count). The third-order valence-electron chi connectivity index (χ3n) is 5.54. The third-order valence-corrected chi connectivity index (χ3v) is 5.54. The Hall–Kier alpha value is -1.67. The van der Waals surface area contributed by atoms with Gasteiger partial charge in [0.2, 0.25) is 5.91 Å². The van der Waals surface area contributed by atoms with E-state index in [1.165, 1.54) is 9.80 Å². The zero-order valence-electron chi connectivity index (χ0n) is 14.2. The molecule has 2 heterocycles. The van der Waals surface area contributed by atoms with Crippen LogP contribution in [0.15, 0.2) is 0 Å². The predicted octanol–water partition coefficient (Wildman–Crippen LogP) is -2.04. The summed E-state index contributed by atoms with van der Waals surface area (Å²) >= 11 is 0. The number of β-amino-alcohol motifs (C(OH)–C–C–N with tert-alkyl or cyclic N) is 1. The van der Waals surface area contributed by atoms with Crippen LogP contribution in [0.1, 0.15) is 32.6 Å². The second-order valence-corrected chi connectivity index (χ2v) is 7.25. The van der Waals surface area contributed by atoms with Gasteiger partial charge in [0.15, 0.2) is 0 Å². The van der Waals surface area contributed by atoms with Crippen molar-refractivity contribution >= 4 is 17.8 Å². The number of hydrogen-bond acceptors (Lipinski definition) is 4. The molecule has 0 aromatic heterocycles. The Bertz CT molecular complexity index is 524. The first-order chi connectivity index (χ1) is 11.4. The highest BCUT2D eigenvalue weighted by atomic mass is 16.3. The number of aliphatic hydroxyl groups is 1. The highest BCUT2D eigenvalue weighted by Crippen LogP contribution is 2.34. The first-order valence-electron chi connectivity index (χ1n) is 8.82. The molecular weight excluding hydrogens is 312 g/mol. The van der Waals surface area contributed by atoms with E-state index < -0.39 is 11.6 Å². The van der Waals surface area contributed by atoms with Crippen LogP contribution in [-0.2, 0) is 9.59 Å². The molecular formula is C16H27N4O4+. The molecule has 3 aliphatic rings. The third kappa shape index (κ3) is 3.25. The van der Waals surface area contributed by atoms with Gasteiger partial charge in [-0.05, 0) is 12.8 Å². The lowest BCUT2D eigenvalue weighted by Gasteiger charge is -2.33. The number of hydrogen-bond donors (Lipinski definition) is 3. The van der Waals surface area contributed by atoms with Crippen molar-refractivity contribution < 1.29 is 24.4 Å². The largest absolute Gasteiger partial charge is 0.385 e. The van der Waals surface area contributed by atoms with Crippen molar-refractivity contribution in [2.45, 2.75) is 44.2 Å².